The van der Waals surface area contributed by atoms with Crippen molar-refractivity contribution in [3.8, 4) is 5.75 Å². The summed E-state index contributed by atoms with van der Waals surface area (Å²) in [6.07, 6.45) is 3.13. The van der Waals surface area contributed by atoms with Crippen molar-refractivity contribution in [3.63, 3.8) is 0 Å². The predicted molar refractivity (Wildman–Crippen MR) is 84.8 cm³/mol. The normalized spacial score (nSPS) is 10.8. The van der Waals surface area contributed by atoms with Crippen molar-refractivity contribution in [2.45, 2.75) is 13.8 Å². The number of carbonyl (C=O) groups excluding carboxylic acids is 2. The Morgan fingerprint density at radius 3 is 2.62 bits per heavy atom. The number of aromatic hydroxyl groups is 1. The molecule has 0 radical (unpaired) electrons. The second kappa shape index (κ2) is 6.37. The zero-order valence-electron chi connectivity index (χ0n) is 11.7. The topological polar surface area (TPSA) is 66.4 Å². The molecule has 5 heteroatoms. The minimum atomic E-state index is -0.314. The first-order valence-corrected chi connectivity index (χ1v) is 7.17. The van der Waals surface area contributed by atoms with E-state index in [9.17, 15) is 14.7 Å². The van der Waals surface area contributed by atoms with E-state index < -0.39 is 0 Å². The van der Waals surface area contributed by atoms with Gasteiger partial charge >= 0.3 is 0 Å². The van der Waals surface area contributed by atoms with Gasteiger partial charge in [0, 0.05) is 22.4 Å². The van der Waals surface area contributed by atoms with Crippen molar-refractivity contribution in [1.82, 2.24) is 0 Å². The van der Waals surface area contributed by atoms with Crippen LogP contribution in [0.1, 0.15) is 27.0 Å². The Kier molecular flexibility index (Phi) is 4.55. The molecule has 0 aliphatic rings. The summed E-state index contributed by atoms with van der Waals surface area (Å²) in [7, 11) is 0. The Labute approximate surface area is 126 Å². The highest BCUT2D eigenvalue weighted by Crippen LogP contribution is 2.23. The van der Waals surface area contributed by atoms with Gasteiger partial charge in [0.1, 0.15) is 5.75 Å². The molecule has 2 N–H and O–H groups in total. The summed E-state index contributed by atoms with van der Waals surface area (Å²) in [5, 5.41) is 12.4. The fourth-order valence-electron chi connectivity index (χ4n) is 1.81. The van der Waals surface area contributed by atoms with Crippen molar-refractivity contribution < 1.29 is 14.7 Å². The van der Waals surface area contributed by atoms with Crippen LogP contribution in [-0.4, -0.2) is 16.8 Å². The molecule has 1 aromatic carbocycles. The van der Waals surface area contributed by atoms with Gasteiger partial charge in [0.2, 0.25) is 5.91 Å². The molecule has 0 aliphatic heterocycles. The van der Waals surface area contributed by atoms with Crippen LogP contribution in [-0.2, 0) is 4.79 Å². The summed E-state index contributed by atoms with van der Waals surface area (Å²) in [5.74, 6) is -0.657. The molecular weight excluding hydrogens is 286 g/mol. The molecule has 0 aliphatic carbocycles. The number of thiophene rings is 1. The first kappa shape index (κ1) is 15.0. The highest BCUT2D eigenvalue weighted by atomic mass is 32.1. The number of benzene rings is 1. The SMILES string of the molecule is CC(=O)Nc1ccc(O)c(C(=O)/C=C/c2ccc(C)s2)c1. The van der Waals surface area contributed by atoms with E-state index in [4.69, 9.17) is 0 Å². The number of rotatable bonds is 4. The molecule has 108 valence electrons. The molecule has 0 bridgehead atoms. The van der Waals surface area contributed by atoms with Crippen LogP contribution in [0.5, 0.6) is 5.75 Å². The number of amides is 1. The molecule has 0 fully saturated rings. The molecule has 1 amide bonds. The average Bonchev–Trinajstić information content (AvgIpc) is 2.83. The molecular formula is C16H15NO3S. The van der Waals surface area contributed by atoms with E-state index in [1.165, 1.54) is 25.1 Å². The van der Waals surface area contributed by atoms with E-state index in [1.807, 2.05) is 19.1 Å². The monoisotopic (exact) mass is 301 g/mol. The van der Waals surface area contributed by atoms with E-state index in [0.717, 1.165) is 9.75 Å². The standard InChI is InChI=1S/C16H15NO3S/c1-10-3-5-13(21-10)6-8-16(20)14-9-12(17-11(2)18)4-7-15(14)19/h3-9,19H,1-2H3,(H,17,18)/b8-6+. The number of aryl methyl sites for hydroxylation is 1. The number of ketones is 1. The molecule has 2 rings (SSSR count). The third-order valence-electron chi connectivity index (χ3n) is 2.74. The number of hydrogen-bond acceptors (Lipinski definition) is 4. The van der Waals surface area contributed by atoms with Gasteiger partial charge in [0.05, 0.1) is 5.56 Å². The lowest BCUT2D eigenvalue weighted by Gasteiger charge is -2.05. The molecule has 0 spiro atoms. The summed E-state index contributed by atoms with van der Waals surface area (Å²) < 4.78 is 0. The highest BCUT2D eigenvalue weighted by molar-refractivity contribution is 7.12. The zero-order valence-corrected chi connectivity index (χ0v) is 12.5. The third kappa shape index (κ3) is 4.03. The average molecular weight is 301 g/mol. The van der Waals surface area contributed by atoms with Crippen LogP contribution in [0.3, 0.4) is 0 Å². The van der Waals surface area contributed by atoms with Gasteiger partial charge in [-0.3, -0.25) is 9.59 Å². The Morgan fingerprint density at radius 1 is 1.24 bits per heavy atom. The van der Waals surface area contributed by atoms with Crippen molar-refractivity contribution in [2.75, 3.05) is 5.32 Å². The summed E-state index contributed by atoms with van der Waals surface area (Å²) in [5.41, 5.74) is 0.634. The summed E-state index contributed by atoms with van der Waals surface area (Å²) in [6, 6.07) is 8.30. The predicted octanol–water partition coefficient (Wildman–Crippen LogP) is 3.62. The second-order valence-corrected chi connectivity index (χ2v) is 5.88. The molecule has 1 aromatic heterocycles. The Balaban J connectivity index is 2.21. The van der Waals surface area contributed by atoms with Gasteiger partial charge in [-0.25, -0.2) is 0 Å². The quantitative estimate of drug-likeness (QED) is 0.515. The van der Waals surface area contributed by atoms with Crippen LogP contribution in [0.15, 0.2) is 36.4 Å². The number of carbonyl (C=O) groups is 2. The Morgan fingerprint density at radius 2 is 2.00 bits per heavy atom. The van der Waals surface area contributed by atoms with E-state index in [1.54, 1.807) is 23.5 Å². The minimum Gasteiger partial charge on any atom is -0.507 e. The van der Waals surface area contributed by atoms with Crippen LogP contribution in [0.2, 0.25) is 0 Å². The van der Waals surface area contributed by atoms with Gasteiger partial charge in [-0.2, -0.15) is 0 Å². The van der Waals surface area contributed by atoms with Crippen molar-refractivity contribution >= 4 is 34.8 Å². The largest absolute Gasteiger partial charge is 0.507 e. The van der Waals surface area contributed by atoms with Gasteiger partial charge in [-0.15, -0.1) is 11.3 Å². The molecule has 2 aromatic rings. The molecule has 0 unspecified atom stereocenters. The number of phenolic OH excluding ortho intramolecular Hbond substituents is 1. The Bertz CT molecular complexity index is 716. The lowest BCUT2D eigenvalue weighted by atomic mass is 10.1. The maximum atomic E-state index is 12.1. The smallest absolute Gasteiger partial charge is 0.221 e. The molecule has 0 saturated carbocycles. The van der Waals surface area contributed by atoms with Crippen molar-refractivity contribution in [1.29, 1.82) is 0 Å². The number of nitrogens with one attached hydrogen (secondary N) is 1. The van der Waals surface area contributed by atoms with E-state index in [0.29, 0.717) is 5.69 Å². The van der Waals surface area contributed by atoms with Gasteiger partial charge in [0.25, 0.3) is 0 Å². The van der Waals surface area contributed by atoms with Gasteiger partial charge in [-0.05, 0) is 49.4 Å². The van der Waals surface area contributed by atoms with Crippen molar-refractivity contribution in [2.24, 2.45) is 0 Å². The molecule has 21 heavy (non-hydrogen) atoms. The maximum Gasteiger partial charge on any atom is 0.221 e. The lowest BCUT2D eigenvalue weighted by molar-refractivity contribution is -0.114. The van der Waals surface area contributed by atoms with Crippen molar-refractivity contribution in [3.05, 3.63) is 51.7 Å². The van der Waals surface area contributed by atoms with Crippen LogP contribution < -0.4 is 5.32 Å². The van der Waals surface area contributed by atoms with E-state index in [-0.39, 0.29) is 23.0 Å². The highest BCUT2D eigenvalue weighted by Gasteiger charge is 2.10. The van der Waals surface area contributed by atoms with E-state index in [2.05, 4.69) is 5.32 Å². The lowest BCUT2D eigenvalue weighted by Crippen LogP contribution is -2.06. The molecule has 0 saturated heterocycles. The van der Waals surface area contributed by atoms with Gasteiger partial charge in [-0.1, -0.05) is 0 Å². The summed E-state index contributed by atoms with van der Waals surface area (Å²) in [4.78, 5) is 25.3. The number of allylic oxidation sites excluding steroid dienone is 1. The van der Waals surface area contributed by atoms with Crippen LogP contribution in [0.4, 0.5) is 5.69 Å². The summed E-state index contributed by atoms with van der Waals surface area (Å²) >= 11 is 1.58. The van der Waals surface area contributed by atoms with E-state index >= 15 is 0 Å². The molecule has 4 nitrogen and oxygen atoms in total. The van der Waals surface area contributed by atoms with Crippen LogP contribution >= 0.6 is 11.3 Å². The first-order valence-electron chi connectivity index (χ1n) is 6.35. The number of anilines is 1. The van der Waals surface area contributed by atoms with Crippen LogP contribution in [0, 0.1) is 6.92 Å². The maximum absolute atomic E-state index is 12.1. The van der Waals surface area contributed by atoms with Gasteiger partial charge in [0.15, 0.2) is 5.78 Å². The fourth-order valence-corrected chi connectivity index (χ4v) is 2.59. The number of hydrogen-bond donors (Lipinski definition) is 2. The third-order valence-corrected chi connectivity index (χ3v) is 3.71. The first-order chi connectivity index (χ1) is 9.95. The minimum absolute atomic E-state index is 0.110. The number of phenols is 1. The van der Waals surface area contributed by atoms with Gasteiger partial charge < -0.3 is 10.4 Å². The zero-order chi connectivity index (χ0) is 15.4. The Hall–Kier alpha value is -2.40. The summed E-state index contributed by atoms with van der Waals surface area (Å²) in [6.45, 7) is 3.37. The van der Waals surface area contributed by atoms with Crippen LogP contribution in [0.25, 0.3) is 6.08 Å². The second-order valence-electron chi connectivity index (χ2n) is 4.56. The molecule has 0 atom stereocenters. The molecule has 1 heterocycles. The fraction of sp³-hybridized carbons (Fsp3) is 0.125.